The number of nitrogens with two attached hydrogens (primary N) is 1. The topological polar surface area (TPSA) is 71.2 Å². The molecule has 1 aliphatic rings. The normalized spacial score (nSPS) is 18.2. The van der Waals surface area contributed by atoms with Crippen LogP contribution >= 0.6 is 22.9 Å². The SMILES string of the molecule is NC(=O)CN1CCC(Nc2nc(Cl)cs2)CC1. The number of hydrogen-bond acceptors (Lipinski definition) is 5. The number of primary amides is 1. The molecule has 2 rings (SSSR count). The minimum Gasteiger partial charge on any atom is -0.369 e. The summed E-state index contributed by atoms with van der Waals surface area (Å²) in [5, 5.41) is 6.56. The van der Waals surface area contributed by atoms with Crippen LogP contribution in [0.1, 0.15) is 12.8 Å². The van der Waals surface area contributed by atoms with E-state index < -0.39 is 0 Å². The number of likely N-dealkylation sites (tertiary alicyclic amines) is 1. The van der Waals surface area contributed by atoms with Gasteiger partial charge in [0.2, 0.25) is 5.91 Å². The Hall–Kier alpha value is -0.850. The molecule has 0 spiro atoms. The fraction of sp³-hybridized carbons (Fsp3) is 0.600. The Balaban J connectivity index is 1.77. The van der Waals surface area contributed by atoms with Gasteiger partial charge in [0.25, 0.3) is 0 Å². The first-order valence-corrected chi connectivity index (χ1v) is 6.77. The van der Waals surface area contributed by atoms with E-state index in [1.807, 2.05) is 5.38 Å². The maximum absolute atomic E-state index is 10.8. The molecule has 1 aromatic heterocycles. The zero-order valence-corrected chi connectivity index (χ0v) is 10.9. The van der Waals surface area contributed by atoms with Crippen LogP contribution in [0.5, 0.6) is 0 Å². The van der Waals surface area contributed by atoms with Crippen LogP contribution in [0.2, 0.25) is 5.15 Å². The summed E-state index contributed by atoms with van der Waals surface area (Å²) in [6.45, 7) is 2.13. The zero-order valence-electron chi connectivity index (χ0n) is 9.36. The third-order valence-electron chi connectivity index (χ3n) is 2.77. The predicted octanol–water partition coefficient (Wildman–Crippen LogP) is 1.16. The van der Waals surface area contributed by atoms with Crippen molar-refractivity contribution >= 4 is 34.0 Å². The Morgan fingerprint density at radius 1 is 1.65 bits per heavy atom. The number of nitrogens with zero attached hydrogens (tertiary/aromatic N) is 2. The second-order valence-corrected chi connectivity index (χ2v) is 5.38. The molecule has 2 heterocycles. The van der Waals surface area contributed by atoms with Gasteiger partial charge in [-0.25, -0.2) is 4.98 Å². The van der Waals surface area contributed by atoms with Crippen molar-refractivity contribution in [1.82, 2.24) is 9.88 Å². The van der Waals surface area contributed by atoms with Crippen molar-refractivity contribution in [3.05, 3.63) is 10.5 Å². The molecule has 3 N–H and O–H groups in total. The number of anilines is 1. The van der Waals surface area contributed by atoms with E-state index in [1.54, 1.807) is 0 Å². The Kier molecular flexibility index (Phi) is 4.20. The number of carbonyl (C=O) groups is 1. The lowest BCUT2D eigenvalue weighted by Crippen LogP contribution is -2.42. The minimum absolute atomic E-state index is 0.261. The first-order valence-electron chi connectivity index (χ1n) is 5.51. The number of rotatable bonds is 4. The number of amides is 1. The van der Waals surface area contributed by atoms with Gasteiger partial charge >= 0.3 is 0 Å². The number of halogens is 1. The summed E-state index contributed by atoms with van der Waals surface area (Å²) in [5.41, 5.74) is 5.17. The number of hydrogen-bond donors (Lipinski definition) is 2. The highest BCUT2D eigenvalue weighted by Crippen LogP contribution is 2.22. The molecule has 7 heteroatoms. The van der Waals surface area contributed by atoms with Crippen LogP contribution in [0.3, 0.4) is 0 Å². The summed E-state index contributed by atoms with van der Waals surface area (Å²) in [6.07, 6.45) is 1.98. The highest BCUT2D eigenvalue weighted by atomic mass is 35.5. The molecule has 1 aliphatic heterocycles. The van der Waals surface area contributed by atoms with E-state index in [2.05, 4.69) is 15.2 Å². The molecular formula is C10H15ClN4OS. The summed E-state index contributed by atoms with van der Waals surface area (Å²) in [5.74, 6) is -0.261. The summed E-state index contributed by atoms with van der Waals surface area (Å²) in [6, 6.07) is 0.404. The largest absolute Gasteiger partial charge is 0.369 e. The Bertz CT molecular complexity index is 389. The second-order valence-electron chi connectivity index (χ2n) is 4.14. The van der Waals surface area contributed by atoms with Gasteiger partial charge < -0.3 is 11.1 Å². The summed E-state index contributed by atoms with van der Waals surface area (Å²) in [4.78, 5) is 17.0. The van der Waals surface area contributed by atoms with Gasteiger partial charge in [0.1, 0.15) is 5.15 Å². The third kappa shape index (κ3) is 3.83. The molecule has 0 atom stereocenters. The fourth-order valence-electron chi connectivity index (χ4n) is 1.95. The van der Waals surface area contributed by atoms with Gasteiger partial charge in [0, 0.05) is 24.5 Å². The molecule has 17 heavy (non-hydrogen) atoms. The van der Waals surface area contributed by atoms with E-state index in [0.29, 0.717) is 17.7 Å². The Morgan fingerprint density at radius 2 is 2.35 bits per heavy atom. The molecule has 1 saturated heterocycles. The highest BCUT2D eigenvalue weighted by Gasteiger charge is 2.20. The van der Waals surface area contributed by atoms with Crippen LogP contribution in [0.15, 0.2) is 5.38 Å². The molecule has 0 unspecified atom stereocenters. The smallest absolute Gasteiger partial charge is 0.231 e. The van der Waals surface area contributed by atoms with Crippen LogP contribution in [0.25, 0.3) is 0 Å². The summed E-state index contributed by atoms with van der Waals surface area (Å²) in [7, 11) is 0. The quantitative estimate of drug-likeness (QED) is 0.864. The molecular weight excluding hydrogens is 260 g/mol. The van der Waals surface area contributed by atoms with Gasteiger partial charge in [-0.05, 0) is 12.8 Å². The van der Waals surface area contributed by atoms with E-state index in [4.69, 9.17) is 17.3 Å². The van der Waals surface area contributed by atoms with Crippen molar-refractivity contribution in [1.29, 1.82) is 0 Å². The van der Waals surface area contributed by atoms with E-state index >= 15 is 0 Å². The monoisotopic (exact) mass is 274 g/mol. The summed E-state index contributed by atoms with van der Waals surface area (Å²) < 4.78 is 0. The molecule has 0 aromatic carbocycles. The van der Waals surface area contributed by atoms with E-state index in [0.717, 1.165) is 31.1 Å². The van der Waals surface area contributed by atoms with Crippen LogP contribution in [0, 0.1) is 0 Å². The molecule has 0 saturated carbocycles. The average Bonchev–Trinajstić information content (AvgIpc) is 2.66. The third-order valence-corrected chi connectivity index (χ3v) is 3.87. The van der Waals surface area contributed by atoms with E-state index in [-0.39, 0.29) is 5.91 Å². The number of nitrogens with one attached hydrogen (secondary N) is 1. The lowest BCUT2D eigenvalue weighted by atomic mass is 10.1. The highest BCUT2D eigenvalue weighted by molar-refractivity contribution is 7.14. The molecule has 0 aliphatic carbocycles. The van der Waals surface area contributed by atoms with Crippen molar-refractivity contribution in [2.75, 3.05) is 25.0 Å². The number of carbonyl (C=O) groups excluding carboxylic acids is 1. The maximum Gasteiger partial charge on any atom is 0.231 e. The summed E-state index contributed by atoms with van der Waals surface area (Å²) >= 11 is 7.27. The molecule has 5 nitrogen and oxygen atoms in total. The predicted molar refractivity (Wildman–Crippen MR) is 69.4 cm³/mol. The molecule has 1 amide bonds. The van der Waals surface area contributed by atoms with Crippen LogP contribution < -0.4 is 11.1 Å². The fourth-order valence-corrected chi connectivity index (χ4v) is 2.87. The molecule has 1 aromatic rings. The van der Waals surface area contributed by atoms with E-state index in [1.165, 1.54) is 11.3 Å². The van der Waals surface area contributed by atoms with Crippen molar-refractivity contribution < 1.29 is 4.79 Å². The second kappa shape index (κ2) is 5.66. The molecule has 94 valence electrons. The van der Waals surface area contributed by atoms with Gasteiger partial charge in [0.15, 0.2) is 5.13 Å². The standard InChI is InChI=1S/C10H15ClN4OS/c11-8-6-17-10(14-8)13-7-1-3-15(4-2-7)5-9(12)16/h6-7H,1-5H2,(H2,12,16)(H,13,14). The molecule has 0 radical (unpaired) electrons. The van der Waals surface area contributed by atoms with Crippen molar-refractivity contribution in [3.8, 4) is 0 Å². The van der Waals surface area contributed by atoms with Crippen molar-refractivity contribution in [3.63, 3.8) is 0 Å². The average molecular weight is 275 g/mol. The van der Waals surface area contributed by atoms with Crippen LogP contribution in [-0.4, -0.2) is 41.5 Å². The van der Waals surface area contributed by atoms with Crippen LogP contribution in [-0.2, 0) is 4.79 Å². The van der Waals surface area contributed by atoms with E-state index in [9.17, 15) is 4.79 Å². The van der Waals surface area contributed by atoms with Crippen LogP contribution in [0.4, 0.5) is 5.13 Å². The molecule has 0 bridgehead atoms. The lowest BCUT2D eigenvalue weighted by molar-refractivity contribution is -0.119. The van der Waals surface area contributed by atoms with Gasteiger partial charge in [-0.3, -0.25) is 9.69 Å². The van der Waals surface area contributed by atoms with Crippen molar-refractivity contribution in [2.24, 2.45) is 5.73 Å². The lowest BCUT2D eigenvalue weighted by Gasteiger charge is -2.31. The number of thiazole rings is 1. The van der Waals surface area contributed by atoms with Gasteiger partial charge in [-0.1, -0.05) is 11.6 Å². The Labute approximate surface area is 109 Å². The van der Waals surface area contributed by atoms with Gasteiger partial charge in [-0.15, -0.1) is 11.3 Å². The van der Waals surface area contributed by atoms with Gasteiger partial charge in [-0.2, -0.15) is 0 Å². The first-order chi connectivity index (χ1) is 8.13. The number of aromatic nitrogens is 1. The van der Waals surface area contributed by atoms with Crippen molar-refractivity contribution in [2.45, 2.75) is 18.9 Å². The number of piperidine rings is 1. The Morgan fingerprint density at radius 3 is 2.88 bits per heavy atom. The van der Waals surface area contributed by atoms with Gasteiger partial charge in [0.05, 0.1) is 6.54 Å². The zero-order chi connectivity index (χ0) is 12.3. The first kappa shape index (κ1) is 12.6. The minimum atomic E-state index is -0.261. The maximum atomic E-state index is 10.8. The molecule has 1 fully saturated rings.